The fourth-order valence-electron chi connectivity index (χ4n) is 3.34. The first-order chi connectivity index (χ1) is 14.4. The molecule has 1 amide bonds. The van der Waals surface area contributed by atoms with Gasteiger partial charge in [-0.1, -0.05) is 6.42 Å². The van der Waals surface area contributed by atoms with E-state index in [1.165, 1.54) is 7.11 Å². The summed E-state index contributed by atoms with van der Waals surface area (Å²) in [6.45, 7) is 5.95. The molecule has 0 radical (unpaired) electrons. The molecular weight excluding hydrogens is 501 g/mol. The van der Waals surface area contributed by atoms with E-state index < -0.39 is 0 Å². The van der Waals surface area contributed by atoms with Crippen LogP contribution < -0.4 is 15.8 Å². The summed E-state index contributed by atoms with van der Waals surface area (Å²) in [6.07, 6.45) is 3.30. The van der Waals surface area contributed by atoms with Gasteiger partial charge in [0.15, 0.2) is 0 Å². The number of nitrogens with zero attached hydrogens (tertiary/aromatic N) is 1. The van der Waals surface area contributed by atoms with Crippen molar-refractivity contribution in [1.29, 1.82) is 0 Å². The fourth-order valence-corrected chi connectivity index (χ4v) is 3.81. The molecule has 0 unspecified atom stereocenters. The number of esters is 1. The quantitative estimate of drug-likeness (QED) is 0.195. The summed E-state index contributed by atoms with van der Waals surface area (Å²) >= 11 is 2.10. The number of benzene rings is 1. The number of ether oxygens (including phenoxy) is 3. The molecule has 168 valence electrons. The Morgan fingerprint density at radius 2 is 2.13 bits per heavy atom. The largest absolute Gasteiger partial charge is 0.496 e. The van der Waals surface area contributed by atoms with E-state index in [9.17, 15) is 9.59 Å². The molecular formula is C21H32IN3O5. The van der Waals surface area contributed by atoms with Crippen molar-refractivity contribution in [2.45, 2.75) is 38.7 Å². The van der Waals surface area contributed by atoms with Crippen LogP contribution in [0, 0.1) is 3.57 Å². The first-order valence-corrected chi connectivity index (χ1v) is 11.4. The van der Waals surface area contributed by atoms with Crippen molar-refractivity contribution in [2.24, 2.45) is 0 Å². The molecule has 1 aliphatic rings. The zero-order valence-electron chi connectivity index (χ0n) is 17.7. The van der Waals surface area contributed by atoms with Gasteiger partial charge in [-0.2, -0.15) is 0 Å². The summed E-state index contributed by atoms with van der Waals surface area (Å²) in [6, 6.07) is 3.39. The Labute approximate surface area is 191 Å². The van der Waals surface area contributed by atoms with E-state index in [0.29, 0.717) is 43.2 Å². The van der Waals surface area contributed by atoms with Crippen LogP contribution in [0.2, 0.25) is 0 Å². The molecule has 9 heteroatoms. The van der Waals surface area contributed by atoms with Gasteiger partial charge in [0.05, 0.1) is 32.0 Å². The van der Waals surface area contributed by atoms with E-state index in [-0.39, 0.29) is 18.0 Å². The molecule has 1 aliphatic heterocycles. The van der Waals surface area contributed by atoms with Gasteiger partial charge in [0.1, 0.15) is 5.75 Å². The van der Waals surface area contributed by atoms with Crippen LogP contribution in [0.25, 0.3) is 0 Å². The van der Waals surface area contributed by atoms with Crippen molar-refractivity contribution in [3.8, 4) is 5.75 Å². The maximum Gasteiger partial charge on any atom is 0.305 e. The van der Waals surface area contributed by atoms with E-state index >= 15 is 0 Å². The van der Waals surface area contributed by atoms with E-state index in [0.717, 1.165) is 42.5 Å². The van der Waals surface area contributed by atoms with Gasteiger partial charge >= 0.3 is 5.97 Å². The Morgan fingerprint density at radius 1 is 1.33 bits per heavy atom. The third-order valence-corrected chi connectivity index (χ3v) is 5.87. The number of nitrogens with two attached hydrogens (primary N) is 1. The molecule has 0 bridgehead atoms. The average molecular weight is 533 g/mol. The molecule has 0 spiro atoms. The maximum atomic E-state index is 12.6. The molecule has 0 aromatic heterocycles. The summed E-state index contributed by atoms with van der Waals surface area (Å²) in [5.74, 6) is 0.135. The molecule has 2 rings (SSSR count). The number of morpholine rings is 1. The Morgan fingerprint density at radius 3 is 2.87 bits per heavy atom. The van der Waals surface area contributed by atoms with Crippen LogP contribution in [0.1, 0.15) is 43.0 Å². The normalized spacial score (nSPS) is 16.8. The molecule has 8 nitrogen and oxygen atoms in total. The highest BCUT2D eigenvalue weighted by atomic mass is 127. The van der Waals surface area contributed by atoms with Gasteiger partial charge < -0.3 is 25.3 Å². The Balaban J connectivity index is 1.73. The number of nitrogen functional groups attached to an aromatic ring is 1. The number of amides is 1. The minimum Gasteiger partial charge on any atom is -0.496 e. The maximum absolute atomic E-state index is 12.6. The van der Waals surface area contributed by atoms with Crippen molar-refractivity contribution in [3.63, 3.8) is 0 Å². The van der Waals surface area contributed by atoms with Gasteiger partial charge in [0.2, 0.25) is 0 Å². The van der Waals surface area contributed by atoms with Gasteiger partial charge in [0.25, 0.3) is 5.91 Å². The standard InChI is InChI=1S/C21H32IN3O5/c1-3-29-20(26)7-5-4-6-8-25-9-10-30-15(14-25)13-24-21(27)16-11-17(22)18(23)12-19(16)28-2/h11-12,15H,3-10,13-14,23H2,1-2H3,(H,24,27)/t15-/m0/s1. The van der Waals surface area contributed by atoms with Crippen molar-refractivity contribution >= 4 is 40.2 Å². The van der Waals surface area contributed by atoms with Gasteiger partial charge in [-0.15, -0.1) is 0 Å². The number of unbranched alkanes of at least 4 members (excludes halogenated alkanes) is 2. The molecule has 1 aromatic carbocycles. The number of carbonyl (C=O) groups excluding carboxylic acids is 2. The summed E-state index contributed by atoms with van der Waals surface area (Å²) in [7, 11) is 1.52. The highest BCUT2D eigenvalue weighted by molar-refractivity contribution is 14.1. The molecule has 30 heavy (non-hydrogen) atoms. The van der Waals surface area contributed by atoms with Crippen LogP contribution in [0.3, 0.4) is 0 Å². The molecule has 0 aliphatic carbocycles. The smallest absolute Gasteiger partial charge is 0.305 e. The molecule has 1 heterocycles. The van der Waals surface area contributed by atoms with Crippen molar-refractivity contribution < 1.29 is 23.8 Å². The van der Waals surface area contributed by atoms with E-state index in [1.807, 2.05) is 6.92 Å². The van der Waals surface area contributed by atoms with E-state index in [4.69, 9.17) is 19.9 Å². The second-order valence-corrected chi connectivity index (χ2v) is 8.36. The molecule has 0 saturated carbocycles. The van der Waals surface area contributed by atoms with Crippen molar-refractivity contribution in [3.05, 3.63) is 21.3 Å². The highest BCUT2D eigenvalue weighted by Gasteiger charge is 2.22. The summed E-state index contributed by atoms with van der Waals surface area (Å²) < 4.78 is 16.9. The number of methoxy groups -OCH3 is 1. The highest BCUT2D eigenvalue weighted by Crippen LogP contribution is 2.26. The molecule has 1 aromatic rings. The zero-order valence-corrected chi connectivity index (χ0v) is 19.9. The van der Waals surface area contributed by atoms with Crippen LogP contribution >= 0.6 is 22.6 Å². The number of hydrogen-bond donors (Lipinski definition) is 2. The second kappa shape index (κ2) is 13.0. The summed E-state index contributed by atoms with van der Waals surface area (Å²) in [5, 5.41) is 2.95. The number of rotatable bonds is 11. The van der Waals surface area contributed by atoms with Crippen molar-refractivity contribution in [2.75, 3.05) is 52.2 Å². The first kappa shape index (κ1) is 24.7. The molecule has 1 saturated heterocycles. The minimum atomic E-state index is -0.204. The lowest BCUT2D eigenvalue weighted by molar-refractivity contribution is -0.143. The van der Waals surface area contributed by atoms with Crippen LogP contribution in [0.5, 0.6) is 5.75 Å². The van der Waals surface area contributed by atoms with Gasteiger partial charge in [0, 0.05) is 41.4 Å². The molecule has 1 fully saturated rings. The lowest BCUT2D eigenvalue weighted by Crippen LogP contribution is -2.47. The van der Waals surface area contributed by atoms with Gasteiger partial charge in [-0.3, -0.25) is 14.5 Å². The summed E-state index contributed by atoms with van der Waals surface area (Å²) in [5.41, 5.74) is 6.94. The molecule has 3 N–H and O–H groups in total. The topological polar surface area (TPSA) is 103 Å². The second-order valence-electron chi connectivity index (χ2n) is 7.19. The van der Waals surface area contributed by atoms with Crippen LogP contribution in [0.15, 0.2) is 12.1 Å². The third-order valence-electron chi connectivity index (χ3n) is 4.94. The number of nitrogens with one attached hydrogen (secondary N) is 1. The van der Waals surface area contributed by atoms with Crippen LogP contribution in [0.4, 0.5) is 5.69 Å². The predicted octanol–water partition coefficient (Wildman–Crippen LogP) is 2.44. The number of carbonyl (C=O) groups is 2. The van der Waals surface area contributed by atoms with Crippen LogP contribution in [-0.2, 0) is 14.3 Å². The van der Waals surface area contributed by atoms with E-state index in [1.54, 1.807) is 12.1 Å². The first-order valence-electron chi connectivity index (χ1n) is 10.3. The Hall–Kier alpha value is -1.59. The van der Waals surface area contributed by atoms with Gasteiger partial charge in [-0.05, 0) is 55.0 Å². The number of halogens is 1. The Kier molecular flexibility index (Phi) is 10.7. The average Bonchev–Trinajstić information content (AvgIpc) is 2.74. The number of anilines is 1. The SMILES string of the molecule is CCOC(=O)CCCCCN1CCO[C@@H](CNC(=O)c2cc(I)c(N)cc2OC)C1. The number of hydrogen-bond acceptors (Lipinski definition) is 7. The monoisotopic (exact) mass is 533 g/mol. The predicted molar refractivity (Wildman–Crippen MR) is 124 cm³/mol. The van der Waals surface area contributed by atoms with Gasteiger partial charge in [-0.25, -0.2) is 0 Å². The lowest BCUT2D eigenvalue weighted by atomic mass is 10.1. The van der Waals surface area contributed by atoms with E-state index in [2.05, 4.69) is 32.8 Å². The minimum absolute atomic E-state index is 0.0546. The van der Waals surface area contributed by atoms with Crippen molar-refractivity contribution in [1.82, 2.24) is 10.2 Å². The fraction of sp³-hybridized carbons (Fsp3) is 0.619. The molecule has 1 atom stereocenters. The third kappa shape index (κ3) is 7.92. The van der Waals surface area contributed by atoms with Crippen LogP contribution in [-0.4, -0.2) is 69.4 Å². The zero-order chi connectivity index (χ0) is 21.9. The Bertz CT molecular complexity index is 716. The summed E-state index contributed by atoms with van der Waals surface area (Å²) in [4.78, 5) is 26.3. The lowest BCUT2D eigenvalue weighted by Gasteiger charge is -2.33.